The van der Waals surface area contributed by atoms with E-state index in [1.165, 1.54) is 12.1 Å². The molecular formula is C34H45Cl2F4N3O4. The highest BCUT2D eigenvalue weighted by Gasteiger charge is 2.57. The summed E-state index contributed by atoms with van der Waals surface area (Å²) < 4.78 is 63.6. The second-order valence-electron chi connectivity index (χ2n) is 13.7. The summed E-state index contributed by atoms with van der Waals surface area (Å²) in [6.07, 6.45) is -2.82. The number of benzene rings is 2. The second kappa shape index (κ2) is 14.8. The number of likely N-dealkylation sites (tertiary alicyclic amines) is 2. The van der Waals surface area contributed by atoms with Gasteiger partial charge >= 0.3 is 12.1 Å². The van der Waals surface area contributed by atoms with Crippen LogP contribution < -0.4 is 9.64 Å². The summed E-state index contributed by atoms with van der Waals surface area (Å²) in [5.74, 6) is -2.07. The highest BCUT2D eigenvalue weighted by Crippen LogP contribution is 2.45. The van der Waals surface area contributed by atoms with Crippen LogP contribution in [0.25, 0.3) is 0 Å². The lowest BCUT2D eigenvalue weighted by molar-refractivity contribution is -0.145. The molecule has 262 valence electrons. The number of alkyl halides is 4. The number of carbonyl (C=O) groups is 2. The summed E-state index contributed by atoms with van der Waals surface area (Å²) in [7, 11) is 1.56. The summed E-state index contributed by atoms with van der Waals surface area (Å²) in [6.45, 7) is 7.67. The molecule has 3 saturated heterocycles. The topological polar surface area (TPSA) is 73.3 Å². The van der Waals surface area contributed by atoms with Crippen molar-refractivity contribution < 1.29 is 37.0 Å². The third-order valence-electron chi connectivity index (χ3n) is 9.96. The number of aliphatic carboxylic acids is 1. The maximum atomic E-state index is 17.2. The summed E-state index contributed by atoms with van der Waals surface area (Å²) in [5, 5.41) is 9.39. The molecule has 0 bridgehead atoms. The maximum Gasteiger partial charge on any atom is 0.416 e. The largest absolute Gasteiger partial charge is 0.497 e. The van der Waals surface area contributed by atoms with E-state index in [0.717, 1.165) is 17.2 Å². The van der Waals surface area contributed by atoms with Crippen molar-refractivity contribution >= 4 is 42.4 Å². The Morgan fingerprint density at radius 1 is 0.915 bits per heavy atom. The molecule has 47 heavy (non-hydrogen) atoms. The van der Waals surface area contributed by atoms with Crippen LogP contribution in [0.15, 0.2) is 42.5 Å². The molecule has 13 heteroatoms. The van der Waals surface area contributed by atoms with Crippen molar-refractivity contribution in [3.8, 4) is 5.75 Å². The Morgan fingerprint density at radius 2 is 1.51 bits per heavy atom. The minimum atomic E-state index is -4.51. The van der Waals surface area contributed by atoms with Gasteiger partial charge in [-0.05, 0) is 87.8 Å². The molecule has 2 aromatic carbocycles. The number of carbonyl (C=O) groups excluding carboxylic acids is 1. The van der Waals surface area contributed by atoms with E-state index in [2.05, 4.69) is 0 Å². The molecule has 2 aromatic rings. The summed E-state index contributed by atoms with van der Waals surface area (Å²) >= 11 is 0. The average Bonchev–Trinajstić information content (AvgIpc) is 3.39. The molecule has 1 amide bonds. The first kappa shape index (κ1) is 38.7. The van der Waals surface area contributed by atoms with Crippen LogP contribution in [-0.2, 0) is 15.8 Å². The number of methoxy groups -OCH3 is 1. The zero-order valence-electron chi connectivity index (χ0n) is 27.2. The lowest BCUT2D eigenvalue weighted by Gasteiger charge is -2.39. The standard InChI is InChI=1S/C34H43F4N3O4.2ClH/c1-32(2,3)41-20-28(23-5-8-26(45-4)9-6-23)33(35,21-41)31(44)40-17-11-22(12-18-40)27-10-7-25(34(36,37)38)19-29(27)39-15-13-24(14-16-39)30(42)43;;/h5-10,19,22,24,28H,11-18,20-21H2,1-4H3,(H,42,43);2*1H/t28-,33-;;/m0../s1. The van der Waals surface area contributed by atoms with Gasteiger partial charge in [-0.2, -0.15) is 13.2 Å². The van der Waals surface area contributed by atoms with Gasteiger partial charge in [0.25, 0.3) is 5.91 Å². The zero-order valence-corrected chi connectivity index (χ0v) is 28.8. The Kier molecular flexibility index (Phi) is 12.2. The Hall–Kier alpha value is -2.76. The van der Waals surface area contributed by atoms with E-state index in [4.69, 9.17) is 4.74 Å². The highest BCUT2D eigenvalue weighted by atomic mass is 35.5. The van der Waals surface area contributed by atoms with Gasteiger partial charge in [-0.25, -0.2) is 4.39 Å². The number of amides is 1. The number of ether oxygens (including phenoxy) is 1. The summed E-state index contributed by atoms with van der Waals surface area (Å²) in [5.41, 5.74) is -1.27. The fraction of sp³-hybridized carbons (Fsp3) is 0.588. The van der Waals surface area contributed by atoms with Crippen LogP contribution in [0, 0.1) is 5.92 Å². The van der Waals surface area contributed by atoms with Gasteiger partial charge in [0.2, 0.25) is 5.67 Å². The quantitative estimate of drug-likeness (QED) is 0.322. The van der Waals surface area contributed by atoms with Crippen LogP contribution in [-0.4, -0.2) is 84.4 Å². The molecule has 0 radical (unpaired) electrons. The molecule has 2 atom stereocenters. The molecule has 7 nitrogen and oxygen atoms in total. The Labute approximate surface area is 286 Å². The van der Waals surface area contributed by atoms with Crippen LogP contribution in [0.3, 0.4) is 0 Å². The first-order chi connectivity index (χ1) is 21.1. The molecule has 3 fully saturated rings. The lowest BCUT2D eigenvalue weighted by atomic mass is 9.83. The molecule has 5 rings (SSSR count). The van der Waals surface area contributed by atoms with Gasteiger partial charge in [0.15, 0.2) is 0 Å². The van der Waals surface area contributed by atoms with Gasteiger partial charge in [0.05, 0.1) is 18.6 Å². The fourth-order valence-electron chi connectivity index (χ4n) is 7.11. The van der Waals surface area contributed by atoms with Crippen molar-refractivity contribution in [3.05, 3.63) is 59.2 Å². The first-order valence-electron chi connectivity index (χ1n) is 15.7. The normalized spacial score (nSPS) is 23.2. The number of hydrogen-bond acceptors (Lipinski definition) is 5. The van der Waals surface area contributed by atoms with E-state index in [-0.39, 0.29) is 42.8 Å². The molecule has 3 aliphatic rings. The van der Waals surface area contributed by atoms with E-state index < -0.39 is 41.1 Å². The molecule has 0 saturated carbocycles. The van der Waals surface area contributed by atoms with Crippen LogP contribution in [0.1, 0.15) is 75.0 Å². The predicted octanol–water partition coefficient (Wildman–Crippen LogP) is 7.17. The van der Waals surface area contributed by atoms with E-state index in [9.17, 15) is 27.9 Å². The number of nitrogens with zero attached hydrogens (tertiary/aromatic N) is 3. The van der Waals surface area contributed by atoms with Gasteiger partial charge in [-0.1, -0.05) is 18.2 Å². The first-order valence-corrected chi connectivity index (χ1v) is 15.7. The number of anilines is 1. The van der Waals surface area contributed by atoms with E-state index >= 15 is 4.39 Å². The number of carboxylic acids is 1. The molecule has 0 aliphatic carbocycles. The highest BCUT2D eigenvalue weighted by molar-refractivity contribution is 5.87. The molecule has 3 aliphatic heterocycles. The minimum Gasteiger partial charge on any atom is -0.497 e. The van der Waals surface area contributed by atoms with Crippen molar-refractivity contribution in [2.24, 2.45) is 5.92 Å². The molecular weight excluding hydrogens is 661 g/mol. The van der Waals surface area contributed by atoms with Gasteiger partial charge in [0.1, 0.15) is 5.75 Å². The van der Waals surface area contributed by atoms with Gasteiger partial charge in [0, 0.05) is 56.4 Å². The zero-order chi connectivity index (χ0) is 32.7. The van der Waals surface area contributed by atoms with Gasteiger partial charge in [-0.15, -0.1) is 24.8 Å². The number of rotatable bonds is 6. The molecule has 3 heterocycles. The van der Waals surface area contributed by atoms with Crippen molar-refractivity contribution in [2.45, 2.75) is 75.7 Å². The fourth-order valence-corrected chi connectivity index (χ4v) is 7.11. The van der Waals surface area contributed by atoms with Crippen LogP contribution in [0.2, 0.25) is 0 Å². The smallest absolute Gasteiger partial charge is 0.416 e. The van der Waals surface area contributed by atoms with E-state index in [1.54, 1.807) is 24.1 Å². The number of hydrogen-bond donors (Lipinski definition) is 1. The van der Waals surface area contributed by atoms with Crippen molar-refractivity contribution in [1.82, 2.24) is 9.80 Å². The van der Waals surface area contributed by atoms with Crippen LogP contribution >= 0.6 is 24.8 Å². The molecule has 0 unspecified atom stereocenters. The van der Waals surface area contributed by atoms with E-state index in [1.807, 2.05) is 42.7 Å². The van der Waals surface area contributed by atoms with Gasteiger partial charge in [-0.3, -0.25) is 14.5 Å². The van der Waals surface area contributed by atoms with Crippen molar-refractivity contribution in [2.75, 3.05) is 51.3 Å². The van der Waals surface area contributed by atoms with Crippen molar-refractivity contribution in [3.63, 3.8) is 0 Å². The van der Waals surface area contributed by atoms with Crippen LogP contribution in [0.4, 0.5) is 23.2 Å². The third-order valence-corrected chi connectivity index (χ3v) is 9.96. The Bertz CT molecular complexity index is 1390. The molecule has 0 aromatic heterocycles. The molecule has 1 N–H and O–H groups in total. The lowest BCUT2D eigenvalue weighted by Crippen LogP contribution is -2.53. The number of piperidine rings is 2. The minimum absolute atomic E-state index is 0. The SMILES string of the molecule is COc1ccc([C@@H]2CN(C(C)(C)C)C[C@@]2(F)C(=O)N2CCC(c3ccc(C(F)(F)F)cc3N3CCC(C(=O)O)CC3)CC2)cc1.Cl.Cl. The molecule has 0 spiro atoms. The van der Waals surface area contributed by atoms with Crippen LogP contribution in [0.5, 0.6) is 5.75 Å². The van der Waals surface area contributed by atoms with Crippen molar-refractivity contribution in [1.29, 1.82) is 0 Å². The Balaban J connectivity index is 0.00000300. The number of halogens is 6. The second-order valence-corrected chi connectivity index (χ2v) is 13.7. The van der Waals surface area contributed by atoms with E-state index in [0.29, 0.717) is 69.8 Å². The third kappa shape index (κ3) is 8.11. The predicted molar refractivity (Wildman–Crippen MR) is 178 cm³/mol. The Morgan fingerprint density at radius 3 is 2.02 bits per heavy atom. The summed E-state index contributed by atoms with van der Waals surface area (Å²) in [4.78, 5) is 30.9. The van der Waals surface area contributed by atoms with Gasteiger partial charge < -0.3 is 19.6 Å². The summed E-state index contributed by atoms with van der Waals surface area (Å²) in [6, 6.07) is 11.0. The maximum absolute atomic E-state index is 17.2. The average molecular weight is 707 g/mol. The monoisotopic (exact) mass is 705 g/mol. The number of carboxylic acid groups (broad SMARTS) is 1.